The van der Waals surface area contributed by atoms with E-state index in [1.54, 1.807) is 6.33 Å². The van der Waals surface area contributed by atoms with E-state index >= 15 is 0 Å². The molecule has 0 aromatic carbocycles. The van der Waals surface area contributed by atoms with Crippen molar-refractivity contribution < 1.29 is 5.11 Å². The first-order valence-electron chi connectivity index (χ1n) is 7.69. The maximum atomic E-state index is 10.0. The molecule has 1 heterocycles. The first kappa shape index (κ1) is 15.0. The van der Waals surface area contributed by atoms with Gasteiger partial charge in [0.1, 0.15) is 18.0 Å². The highest BCUT2D eigenvalue weighted by Gasteiger charge is 2.23. The number of rotatable bonds is 6. The molecule has 1 aliphatic carbocycles. The molecular formula is C15H26N4O. The summed E-state index contributed by atoms with van der Waals surface area (Å²) in [6, 6.07) is 0. The van der Waals surface area contributed by atoms with E-state index in [1.807, 2.05) is 7.05 Å². The first-order chi connectivity index (χ1) is 9.76. The second-order valence-electron chi connectivity index (χ2n) is 5.54. The molecule has 112 valence electrons. The number of hydrogen-bond donors (Lipinski definition) is 3. The molecule has 20 heavy (non-hydrogen) atoms. The minimum absolute atomic E-state index is 0.170. The highest BCUT2D eigenvalue weighted by atomic mass is 16.3. The molecule has 1 aromatic heterocycles. The lowest BCUT2D eigenvalue weighted by atomic mass is 9.86. The normalized spacial score (nSPS) is 22.6. The molecule has 5 nitrogen and oxygen atoms in total. The SMILES string of the molecule is CCCc1c(NC)ncnc1NCC1CCCCC1O. The van der Waals surface area contributed by atoms with Crippen molar-refractivity contribution in [1.29, 1.82) is 0 Å². The second-order valence-corrected chi connectivity index (χ2v) is 5.54. The van der Waals surface area contributed by atoms with Crippen LogP contribution in [-0.4, -0.2) is 34.8 Å². The smallest absolute Gasteiger partial charge is 0.134 e. The average molecular weight is 278 g/mol. The van der Waals surface area contributed by atoms with E-state index in [-0.39, 0.29) is 6.10 Å². The van der Waals surface area contributed by atoms with Crippen LogP contribution in [0.1, 0.15) is 44.6 Å². The van der Waals surface area contributed by atoms with Crippen LogP contribution in [0.15, 0.2) is 6.33 Å². The lowest BCUT2D eigenvalue weighted by Gasteiger charge is -2.28. The van der Waals surface area contributed by atoms with Crippen molar-refractivity contribution >= 4 is 11.6 Å². The van der Waals surface area contributed by atoms with Crippen LogP contribution < -0.4 is 10.6 Å². The Balaban J connectivity index is 2.04. The lowest BCUT2D eigenvalue weighted by molar-refractivity contribution is 0.0763. The standard InChI is InChI=1S/C15H26N4O/c1-3-6-12-14(16-2)18-10-19-15(12)17-9-11-7-4-5-8-13(11)20/h10-11,13,20H,3-9H2,1-2H3,(H2,16,17,18,19). The maximum Gasteiger partial charge on any atom is 0.134 e. The molecule has 2 unspecified atom stereocenters. The molecule has 0 saturated heterocycles. The van der Waals surface area contributed by atoms with Crippen LogP contribution in [-0.2, 0) is 6.42 Å². The van der Waals surface area contributed by atoms with Gasteiger partial charge in [0.25, 0.3) is 0 Å². The zero-order valence-electron chi connectivity index (χ0n) is 12.5. The van der Waals surface area contributed by atoms with E-state index in [2.05, 4.69) is 27.5 Å². The molecule has 1 fully saturated rings. The molecule has 5 heteroatoms. The van der Waals surface area contributed by atoms with E-state index in [0.717, 1.165) is 55.8 Å². The quantitative estimate of drug-likeness (QED) is 0.745. The second kappa shape index (κ2) is 7.43. The minimum atomic E-state index is -0.170. The van der Waals surface area contributed by atoms with Crippen molar-refractivity contribution in [2.75, 3.05) is 24.2 Å². The number of anilines is 2. The summed E-state index contributed by atoms with van der Waals surface area (Å²) >= 11 is 0. The maximum absolute atomic E-state index is 10.0. The van der Waals surface area contributed by atoms with Gasteiger partial charge in [0.15, 0.2) is 0 Å². The molecule has 2 rings (SSSR count). The van der Waals surface area contributed by atoms with Gasteiger partial charge in [0.05, 0.1) is 6.10 Å². The number of aliphatic hydroxyl groups excluding tert-OH is 1. The fourth-order valence-electron chi connectivity index (χ4n) is 2.92. The van der Waals surface area contributed by atoms with Crippen LogP contribution in [0, 0.1) is 5.92 Å². The van der Waals surface area contributed by atoms with Crippen LogP contribution in [0.4, 0.5) is 11.6 Å². The van der Waals surface area contributed by atoms with Crippen LogP contribution in [0.5, 0.6) is 0 Å². The van der Waals surface area contributed by atoms with E-state index in [4.69, 9.17) is 0 Å². The van der Waals surface area contributed by atoms with Crippen molar-refractivity contribution in [2.45, 2.75) is 51.6 Å². The Morgan fingerprint density at radius 2 is 2.00 bits per heavy atom. The van der Waals surface area contributed by atoms with Crippen LogP contribution in [0.2, 0.25) is 0 Å². The Morgan fingerprint density at radius 1 is 1.25 bits per heavy atom. The van der Waals surface area contributed by atoms with Gasteiger partial charge in [-0.1, -0.05) is 26.2 Å². The Morgan fingerprint density at radius 3 is 2.70 bits per heavy atom. The molecule has 0 radical (unpaired) electrons. The molecule has 1 aliphatic rings. The summed E-state index contributed by atoms with van der Waals surface area (Å²) in [5, 5.41) is 16.6. The van der Waals surface area contributed by atoms with Gasteiger partial charge in [-0.3, -0.25) is 0 Å². The molecule has 0 spiro atoms. The number of nitrogens with one attached hydrogen (secondary N) is 2. The monoisotopic (exact) mass is 278 g/mol. The Hall–Kier alpha value is -1.36. The van der Waals surface area contributed by atoms with Gasteiger partial charge >= 0.3 is 0 Å². The van der Waals surface area contributed by atoms with Crippen molar-refractivity contribution in [3.05, 3.63) is 11.9 Å². The van der Waals surface area contributed by atoms with Gasteiger partial charge in [-0.25, -0.2) is 9.97 Å². The highest BCUT2D eigenvalue weighted by molar-refractivity contribution is 5.57. The van der Waals surface area contributed by atoms with Gasteiger partial charge in [0, 0.05) is 25.1 Å². The highest BCUT2D eigenvalue weighted by Crippen LogP contribution is 2.26. The van der Waals surface area contributed by atoms with Gasteiger partial charge in [-0.05, 0) is 19.3 Å². The molecule has 1 saturated carbocycles. The van der Waals surface area contributed by atoms with Gasteiger partial charge in [0.2, 0.25) is 0 Å². The van der Waals surface area contributed by atoms with Crippen molar-refractivity contribution in [2.24, 2.45) is 5.92 Å². The number of aliphatic hydroxyl groups is 1. The van der Waals surface area contributed by atoms with Crippen LogP contribution in [0.3, 0.4) is 0 Å². The summed E-state index contributed by atoms with van der Waals surface area (Å²) in [4.78, 5) is 8.65. The minimum Gasteiger partial charge on any atom is -0.393 e. The molecule has 3 N–H and O–H groups in total. The van der Waals surface area contributed by atoms with Crippen molar-refractivity contribution in [3.8, 4) is 0 Å². The number of nitrogens with zero attached hydrogens (tertiary/aromatic N) is 2. The predicted molar refractivity (Wildman–Crippen MR) is 82.0 cm³/mol. The molecule has 0 aliphatic heterocycles. The first-order valence-corrected chi connectivity index (χ1v) is 7.69. The largest absolute Gasteiger partial charge is 0.393 e. The van der Waals surface area contributed by atoms with Crippen LogP contribution >= 0.6 is 0 Å². The number of aromatic nitrogens is 2. The Kier molecular flexibility index (Phi) is 5.59. The van der Waals surface area contributed by atoms with Crippen molar-refractivity contribution in [1.82, 2.24) is 9.97 Å². The molecular weight excluding hydrogens is 252 g/mol. The van der Waals surface area contributed by atoms with Crippen molar-refractivity contribution in [3.63, 3.8) is 0 Å². The zero-order chi connectivity index (χ0) is 14.4. The molecule has 0 amide bonds. The lowest BCUT2D eigenvalue weighted by Crippen LogP contribution is -2.30. The summed E-state index contributed by atoms with van der Waals surface area (Å²) in [6.07, 6.45) is 7.82. The predicted octanol–water partition coefficient (Wildman–Crippen LogP) is 2.43. The molecule has 0 bridgehead atoms. The van der Waals surface area contributed by atoms with Gasteiger partial charge in [-0.15, -0.1) is 0 Å². The third kappa shape index (κ3) is 3.60. The summed E-state index contributed by atoms with van der Waals surface area (Å²) in [5.41, 5.74) is 1.14. The summed E-state index contributed by atoms with van der Waals surface area (Å²) in [7, 11) is 1.89. The fraction of sp³-hybridized carbons (Fsp3) is 0.733. The summed E-state index contributed by atoms with van der Waals surface area (Å²) in [5.74, 6) is 2.14. The van der Waals surface area contributed by atoms with Gasteiger partial charge in [-0.2, -0.15) is 0 Å². The Labute approximate surface area is 121 Å². The topological polar surface area (TPSA) is 70.1 Å². The van der Waals surface area contributed by atoms with Gasteiger partial charge < -0.3 is 15.7 Å². The van der Waals surface area contributed by atoms with Crippen LogP contribution in [0.25, 0.3) is 0 Å². The molecule has 2 atom stereocenters. The summed E-state index contributed by atoms with van der Waals surface area (Å²) in [6.45, 7) is 2.94. The molecule has 1 aromatic rings. The van der Waals surface area contributed by atoms with E-state index in [0.29, 0.717) is 5.92 Å². The number of hydrogen-bond acceptors (Lipinski definition) is 5. The fourth-order valence-corrected chi connectivity index (χ4v) is 2.92. The van der Waals surface area contributed by atoms with E-state index < -0.39 is 0 Å². The Bertz CT molecular complexity index is 424. The van der Waals surface area contributed by atoms with E-state index in [1.165, 1.54) is 6.42 Å². The average Bonchev–Trinajstić information content (AvgIpc) is 2.47. The third-order valence-corrected chi connectivity index (χ3v) is 4.08. The zero-order valence-corrected chi connectivity index (χ0v) is 12.5. The third-order valence-electron chi connectivity index (χ3n) is 4.08. The van der Waals surface area contributed by atoms with E-state index in [9.17, 15) is 5.11 Å². The summed E-state index contributed by atoms with van der Waals surface area (Å²) < 4.78 is 0.